The summed E-state index contributed by atoms with van der Waals surface area (Å²) in [6.07, 6.45) is 1.05. The summed E-state index contributed by atoms with van der Waals surface area (Å²) in [5, 5.41) is 1.57. The summed E-state index contributed by atoms with van der Waals surface area (Å²) in [6, 6.07) is -0.0262. The van der Waals surface area contributed by atoms with Crippen molar-refractivity contribution >= 4 is 15.7 Å². The highest BCUT2D eigenvalue weighted by atomic mass is 32.2. The van der Waals surface area contributed by atoms with Gasteiger partial charge in [-0.3, -0.25) is 4.79 Å². The van der Waals surface area contributed by atoms with E-state index in [-0.39, 0.29) is 6.04 Å². The van der Waals surface area contributed by atoms with E-state index in [4.69, 9.17) is 0 Å². The van der Waals surface area contributed by atoms with Gasteiger partial charge in [-0.25, -0.2) is 8.42 Å². The summed E-state index contributed by atoms with van der Waals surface area (Å²) in [5.74, 6) is -0.437. The van der Waals surface area contributed by atoms with Crippen LogP contribution in [-0.4, -0.2) is 31.9 Å². The Morgan fingerprint density at radius 3 is 1.92 bits per heavy atom. The van der Waals surface area contributed by atoms with E-state index >= 15 is 0 Å². The van der Waals surface area contributed by atoms with Crippen molar-refractivity contribution in [2.24, 2.45) is 0 Å². The van der Waals surface area contributed by atoms with Crippen molar-refractivity contribution in [2.45, 2.75) is 32.1 Å². The first kappa shape index (κ1) is 11.4. The number of sulfone groups is 1. The molecule has 1 N–H and O–H groups in total. The molecule has 0 saturated carbocycles. The first-order chi connectivity index (χ1) is 5.25. The SMILES string of the molecule is CC(C)NC(=O)C(C)S(C)(=O)=O. The van der Waals surface area contributed by atoms with Crippen molar-refractivity contribution < 1.29 is 13.2 Å². The monoisotopic (exact) mass is 193 g/mol. The number of amides is 1. The van der Waals surface area contributed by atoms with Crippen molar-refractivity contribution in [2.75, 3.05) is 6.26 Å². The Morgan fingerprint density at radius 2 is 1.67 bits per heavy atom. The fourth-order valence-corrected chi connectivity index (χ4v) is 1.05. The van der Waals surface area contributed by atoms with E-state index in [2.05, 4.69) is 5.32 Å². The number of rotatable bonds is 3. The average molecular weight is 193 g/mol. The normalized spacial score (nSPS) is 14.4. The lowest BCUT2D eigenvalue weighted by Crippen LogP contribution is -2.40. The molecule has 1 atom stereocenters. The molecule has 1 unspecified atom stereocenters. The zero-order chi connectivity index (χ0) is 9.94. The standard InChI is InChI=1S/C7H15NO3S/c1-5(2)8-7(9)6(3)12(4,10)11/h5-6H,1-4H3,(H,8,9). The van der Waals surface area contributed by atoms with Crippen LogP contribution < -0.4 is 5.32 Å². The van der Waals surface area contributed by atoms with Crippen LogP contribution in [0.4, 0.5) is 0 Å². The third-order valence-electron chi connectivity index (χ3n) is 1.44. The zero-order valence-corrected chi connectivity index (χ0v) is 8.60. The van der Waals surface area contributed by atoms with Gasteiger partial charge in [-0.2, -0.15) is 0 Å². The lowest BCUT2D eigenvalue weighted by Gasteiger charge is -2.12. The zero-order valence-electron chi connectivity index (χ0n) is 7.79. The molecule has 0 aliphatic rings. The molecule has 0 saturated heterocycles. The molecular formula is C7H15NO3S. The van der Waals surface area contributed by atoms with Crippen molar-refractivity contribution in [3.63, 3.8) is 0 Å². The minimum absolute atomic E-state index is 0.0262. The van der Waals surface area contributed by atoms with E-state index in [1.807, 2.05) is 0 Å². The number of hydrogen-bond acceptors (Lipinski definition) is 3. The van der Waals surface area contributed by atoms with Crippen LogP contribution in [0.1, 0.15) is 20.8 Å². The van der Waals surface area contributed by atoms with Gasteiger partial charge in [-0.1, -0.05) is 0 Å². The van der Waals surface area contributed by atoms with Crippen LogP contribution in [-0.2, 0) is 14.6 Å². The summed E-state index contributed by atoms with van der Waals surface area (Å²) in [4.78, 5) is 11.1. The highest BCUT2D eigenvalue weighted by Gasteiger charge is 2.23. The van der Waals surface area contributed by atoms with E-state index in [9.17, 15) is 13.2 Å². The second-order valence-electron chi connectivity index (χ2n) is 3.14. The van der Waals surface area contributed by atoms with Gasteiger partial charge >= 0.3 is 0 Å². The molecule has 0 aromatic heterocycles. The Bertz CT molecular complexity index is 256. The summed E-state index contributed by atoms with van der Waals surface area (Å²) in [6.45, 7) is 4.95. The minimum atomic E-state index is -3.26. The van der Waals surface area contributed by atoms with Crippen LogP contribution in [0.2, 0.25) is 0 Å². The number of hydrogen-bond donors (Lipinski definition) is 1. The fraction of sp³-hybridized carbons (Fsp3) is 0.857. The van der Waals surface area contributed by atoms with Crippen LogP contribution in [0.15, 0.2) is 0 Å². The molecule has 0 fully saturated rings. The predicted octanol–water partition coefficient (Wildman–Crippen LogP) is -0.0559. The Balaban J connectivity index is 4.32. The van der Waals surface area contributed by atoms with Crippen LogP contribution in [0.25, 0.3) is 0 Å². The molecule has 0 radical (unpaired) electrons. The van der Waals surface area contributed by atoms with Gasteiger partial charge in [-0.05, 0) is 20.8 Å². The molecule has 0 spiro atoms. The Labute approximate surface area is 73.3 Å². The summed E-state index contributed by atoms with van der Waals surface area (Å²) in [5.41, 5.74) is 0. The third kappa shape index (κ3) is 3.71. The Morgan fingerprint density at radius 1 is 1.25 bits per heavy atom. The highest BCUT2D eigenvalue weighted by molar-refractivity contribution is 7.92. The number of nitrogens with one attached hydrogen (secondary N) is 1. The van der Waals surface area contributed by atoms with Gasteiger partial charge in [-0.15, -0.1) is 0 Å². The van der Waals surface area contributed by atoms with Gasteiger partial charge in [0.25, 0.3) is 0 Å². The van der Waals surface area contributed by atoms with E-state index < -0.39 is 21.0 Å². The van der Waals surface area contributed by atoms with Gasteiger partial charge in [0.1, 0.15) is 5.25 Å². The van der Waals surface area contributed by atoms with E-state index in [1.165, 1.54) is 6.92 Å². The van der Waals surface area contributed by atoms with Crippen molar-refractivity contribution in [1.82, 2.24) is 5.32 Å². The molecular weight excluding hydrogens is 178 g/mol. The topological polar surface area (TPSA) is 63.2 Å². The lowest BCUT2D eigenvalue weighted by molar-refractivity contribution is -0.120. The first-order valence-corrected chi connectivity index (χ1v) is 5.70. The molecule has 12 heavy (non-hydrogen) atoms. The maximum atomic E-state index is 11.1. The summed E-state index contributed by atoms with van der Waals surface area (Å²) < 4.78 is 21.8. The Hall–Kier alpha value is -0.580. The maximum Gasteiger partial charge on any atom is 0.238 e. The van der Waals surface area contributed by atoms with E-state index in [0.717, 1.165) is 6.26 Å². The van der Waals surface area contributed by atoms with Crippen LogP contribution in [0.5, 0.6) is 0 Å². The molecule has 0 heterocycles. The number of carbonyl (C=O) groups is 1. The molecule has 0 aliphatic carbocycles. The summed E-state index contributed by atoms with van der Waals surface area (Å²) >= 11 is 0. The van der Waals surface area contributed by atoms with Crippen molar-refractivity contribution in [3.05, 3.63) is 0 Å². The van der Waals surface area contributed by atoms with E-state index in [0.29, 0.717) is 0 Å². The second kappa shape index (κ2) is 3.89. The quantitative estimate of drug-likeness (QED) is 0.683. The number of carbonyl (C=O) groups excluding carboxylic acids is 1. The molecule has 0 rings (SSSR count). The smallest absolute Gasteiger partial charge is 0.238 e. The van der Waals surface area contributed by atoms with Crippen molar-refractivity contribution in [3.8, 4) is 0 Å². The highest BCUT2D eigenvalue weighted by Crippen LogP contribution is 1.97. The molecule has 0 aromatic rings. The molecule has 0 bridgehead atoms. The third-order valence-corrected chi connectivity index (χ3v) is 2.94. The molecule has 4 nitrogen and oxygen atoms in total. The van der Waals surface area contributed by atoms with Crippen molar-refractivity contribution in [1.29, 1.82) is 0 Å². The van der Waals surface area contributed by atoms with Crippen LogP contribution in [0.3, 0.4) is 0 Å². The second-order valence-corrected chi connectivity index (χ2v) is 5.50. The van der Waals surface area contributed by atoms with Crippen LogP contribution in [0, 0.1) is 0 Å². The maximum absolute atomic E-state index is 11.1. The minimum Gasteiger partial charge on any atom is -0.353 e. The Kier molecular flexibility index (Phi) is 3.70. The van der Waals surface area contributed by atoms with Gasteiger partial charge in [0.2, 0.25) is 5.91 Å². The molecule has 72 valence electrons. The average Bonchev–Trinajstić information content (AvgIpc) is 1.82. The molecule has 0 aromatic carbocycles. The van der Waals surface area contributed by atoms with Gasteiger partial charge in [0.05, 0.1) is 0 Å². The summed E-state index contributed by atoms with van der Waals surface area (Å²) in [7, 11) is -3.26. The molecule has 5 heteroatoms. The largest absolute Gasteiger partial charge is 0.353 e. The van der Waals surface area contributed by atoms with Gasteiger partial charge < -0.3 is 5.32 Å². The van der Waals surface area contributed by atoms with Crippen LogP contribution >= 0.6 is 0 Å². The van der Waals surface area contributed by atoms with Gasteiger partial charge in [0, 0.05) is 12.3 Å². The lowest BCUT2D eigenvalue weighted by atomic mass is 10.3. The van der Waals surface area contributed by atoms with Gasteiger partial charge in [0.15, 0.2) is 9.84 Å². The van der Waals surface area contributed by atoms with E-state index in [1.54, 1.807) is 13.8 Å². The predicted molar refractivity (Wildman–Crippen MR) is 47.6 cm³/mol. The first-order valence-electron chi connectivity index (χ1n) is 3.74. The molecule has 0 aliphatic heterocycles. The molecule has 1 amide bonds. The fourth-order valence-electron chi connectivity index (χ4n) is 0.596.